The third-order valence-electron chi connectivity index (χ3n) is 5.02. The minimum absolute atomic E-state index is 0.212. The first-order valence-corrected chi connectivity index (χ1v) is 10.4. The first-order chi connectivity index (χ1) is 14.2. The van der Waals surface area contributed by atoms with E-state index in [0.717, 1.165) is 31.2 Å². The molecular weight excluding hydrogens is 384 g/mol. The predicted molar refractivity (Wildman–Crippen MR) is 116 cm³/mol. The normalized spacial score (nSPS) is 12.7. The van der Waals surface area contributed by atoms with Gasteiger partial charge in [0.15, 0.2) is 0 Å². The van der Waals surface area contributed by atoms with E-state index in [-0.39, 0.29) is 11.8 Å². The molecule has 0 aliphatic heterocycles. The highest BCUT2D eigenvalue weighted by molar-refractivity contribution is 7.17. The number of carbonyl (C=O) groups is 2. The first-order valence-electron chi connectivity index (χ1n) is 9.62. The van der Waals surface area contributed by atoms with Crippen LogP contribution in [0.1, 0.15) is 44.0 Å². The van der Waals surface area contributed by atoms with Gasteiger partial charge in [-0.2, -0.15) is 0 Å². The number of ether oxygens (including phenoxy) is 1. The maximum absolute atomic E-state index is 13.2. The molecule has 0 bridgehead atoms. The van der Waals surface area contributed by atoms with Crippen molar-refractivity contribution in [3.05, 3.63) is 76.2 Å². The van der Waals surface area contributed by atoms with Crippen molar-refractivity contribution in [3.63, 3.8) is 0 Å². The SMILES string of the molecule is COc1ccccc1NC(=O)c1c(NC(=O)c2ccccc2)sc2c1CCCC2. The van der Waals surface area contributed by atoms with E-state index in [1.54, 1.807) is 31.4 Å². The molecule has 2 N–H and O–H groups in total. The number of amides is 2. The van der Waals surface area contributed by atoms with Gasteiger partial charge in [-0.25, -0.2) is 0 Å². The molecule has 0 saturated carbocycles. The van der Waals surface area contributed by atoms with Crippen LogP contribution in [0.3, 0.4) is 0 Å². The molecule has 3 aromatic rings. The monoisotopic (exact) mass is 406 g/mol. The number of nitrogens with one attached hydrogen (secondary N) is 2. The second-order valence-corrected chi connectivity index (χ2v) is 7.99. The Labute approximate surface area is 173 Å². The van der Waals surface area contributed by atoms with E-state index in [4.69, 9.17) is 4.74 Å². The quantitative estimate of drug-likeness (QED) is 0.616. The van der Waals surface area contributed by atoms with Crippen molar-refractivity contribution >= 4 is 33.8 Å². The lowest BCUT2D eigenvalue weighted by Crippen LogP contribution is -2.19. The fourth-order valence-electron chi connectivity index (χ4n) is 3.59. The van der Waals surface area contributed by atoms with Crippen molar-refractivity contribution in [1.29, 1.82) is 0 Å². The van der Waals surface area contributed by atoms with Crippen molar-refractivity contribution in [3.8, 4) is 5.75 Å². The first kappa shape index (κ1) is 19.2. The Bertz CT molecular complexity index is 1040. The number of hydrogen-bond acceptors (Lipinski definition) is 4. The standard InChI is InChI=1S/C23H22N2O3S/c1-28-18-13-7-6-12-17(18)24-22(27)20-16-11-5-8-14-19(16)29-23(20)25-21(26)15-9-3-2-4-10-15/h2-4,6-7,9-10,12-13H,5,8,11,14H2,1H3,(H,24,27)(H,25,26). The van der Waals surface area contributed by atoms with Crippen LogP contribution in [0.25, 0.3) is 0 Å². The van der Waals surface area contributed by atoms with Crippen LogP contribution in [0, 0.1) is 0 Å². The molecule has 0 saturated heterocycles. The van der Waals surface area contributed by atoms with Gasteiger partial charge in [-0.1, -0.05) is 30.3 Å². The van der Waals surface area contributed by atoms with E-state index in [1.807, 2.05) is 30.3 Å². The highest BCUT2D eigenvalue weighted by Crippen LogP contribution is 2.39. The van der Waals surface area contributed by atoms with Crippen LogP contribution in [0.4, 0.5) is 10.7 Å². The van der Waals surface area contributed by atoms with E-state index < -0.39 is 0 Å². The summed E-state index contributed by atoms with van der Waals surface area (Å²) in [7, 11) is 1.57. The summed E-state index contributed by atoms with van der Waals surface area (Å²) in [5.74, 6) is 0.160. The molecule has 0 atom stereocenters. The highest BCUT2D eigenvalue weighted by Gasteiger charge is 2.27. The molecule has 148 valence electrons. The summed E-state index contributed by atoms with van der Waals surface area (Å²) >= 11 is 1.51. The molecule has 6 heteroatoms. The van der Waals surface area contributed by atoms with Gasteiger partial charge in [-0.15, -0.1) is 11.3 Å². The zero-order valence-corrected chi connectivity index (χ0v) is 17.0. The average molecular weight is 407 g/mol. The van der Waals surface area contributed by atoms with Gasteiger partial charge in [-0.05, 0) is 55.5 Å². The summed E-state index contributed by atoms with van der Waals surface area (Å²) in [6.07, 6.45) is 3.94. The summed E-state index contributed by atoms with van der Waals surface area (Å²) in [6.45, 7) is 0. The molecule has 1 aromatic heterocycles. The van der Waals surface area contributed by atoms with Crippen molar-refractivity contribution in [2.45, 2.75) is 25.7 Å². The van der Waals surface area contributed by atoms with Crippen LogP contribution >= 0.6 is 11.3 Å². The number of carbonyl (C=O) groups excluding carboxylic acids is 2. The van der Waals surface area contributed by atoms with Crippen molar-refractivity contribution in [2.24, 2.45) is 0 Å². The molecule has 2 aromatic carbocycles. The molecule has 0 spiro atoms. The number of fused-ring (bicyclic) bond motifs is 1. The van der Waals surface area contributed by atoms with Crippen LogP contribution in [0.5, 0.6) is 5.75 Å². The van der Waals surface area contributed by atoms with Gasteiger partial charge < -0.3 is 15.4 Å². The molecule has 0 radical (unpaired) electrons. The van der Waals surface area contributed by atoms with Gasteiger partial charge >= 0.3 is 0 Å². The molecule has 1 aliphatic carbocycles. The fraction of sp³-hybridized carbons (Fsp3) is 0.217. The molecule has 0 fully saturated rings. The molecule has 5 nitrogen and oxygen atoms in total. The number of hydrogen-bond donors (Lipinski definition) is 2. The molecule has 0 unspecified atom stereocenters. The third kappa shape index (κ3) is 4.03. The lowest BCUT2D eigenvalue weighted by Gasteiger charge is -2.14. The van der Waals surface area contributed by atoms with E-state index in [9.17, 15) is 9.59 Å². The van der Waals surface area contributed by atoms with Crippen molar-refractivity contribution in [1.82, 2.24) is 0 Å². The number of para-hydroxylation sites is 2. The zero-order valence-electron chi connectivity index (χ0n) is 16.2. The van der Waals surface area contributed by atoms with Gasteiger partial charge in [0.2, 0.25) is 0 Å². The van der Waals surface area contributed by atoms with E-state index in [1.165, 1.54) is 16.2 Å². The van der Waals surface area contributed by atoms with Gasteiger partial charge in [-0.3, -0.25) is 9.59 Å². The van der Waals surface area contributed by atoms with Crippen LogP contribution in [-0.4, -0.2) is 18.9 Å². The van der Waals surface area contributed by atoms with Crippen molar-refractivity contribution < 1.29 is 14.3 Å². The second kappa shape index (κ2) is 8.49. The number of aryl methyl sites for hydroxylation is 1. The van der Waals surface area contributed by atoms with E-state index in [2.05, 4.69) is 10.6 Å². The van der Waals surface area contributed by atoms with Gasteiger partial charge in [0.05, 0.1) is 18.4 Å². The lowest BCUT2D eigenvalue weighted by molar-refractivity contribution is 0.102. The highest BCUT2D eigenvalue weighted by atomic mass is 32.1. The number of thiophene rings is 1. The summed E-state index contributed by atoms with van der Waals surface area (Å²) in [6, 6.07) is 16.3. The Balaban J connectivity index is 1.67. The smallest absolute Gasteiger partial charge is 0.259 e. The Hall–Kier alpha value is -3.12. The molecule has 4 rings (SSSR count). The topological polar surface area (TPSA) is 67.4 Å². The Morgan fingerprint density at radius 3 is 2.41 bits per heavy atom. The van der Waals surface area contributed by atoms with E-state index >= 15 is 0 Å². The second-order valence-electron chi connectivity index (χ2n) is 6.89. The minimum atomic E-state index is -0.225. The van der Waals surface area contributed by atoms with Crippen LogP contribution in [0.2, 0.25) is 0 Å². The number of methoxy groups -OCH3 is 1. The summed E-state index contributed by atoms with van der Waals surface area (Å²) in [4.78, 5) is 27.1. The molecule has 29 heavy (non-hydrogen) atoms. The van der Waals surface area contributed by atoms with Gasteiger partial charge in [0.25, 0.3) is 11.8 Å². The number of rotatable bonds is 5. The van der Waals surface area contributed by atoms with Crippen LogP contribution in [-0.2, 0) is 12.8 Å². The summed E-state index contributed by atoms with van der Waals surface area (Å²) in [5, 5.41) is 6.54. The largest absolute Gasteiger partial charge is 0.495 e. The third-order valence-corrected chi connectivity index (χ3v) is 6.22. The van der Waals surface area contributed by atoms with E-state index in [0.29, 0.717) is 27.6 Å². The minimum Gasteiger partial charge on any atom is -0.495 e. The molecule has 2 amide bonds. The Morgan fingerprint density at radius 1 is 0.897 bits per heavy atom. The fourth-order valence-corrected chi connectivity index (χ4v) is 4.87. The summed E-state index contributed by atoms with van der Waals surface area (Å²) in [5.41, 5.74) is 2.79. The van der Waals surface area contributed by atoms with Crippen LogP contribution in [0.15, 0.2) is 54.6 Å². The maximum atomic E-state index is 13.2. The molecule has 1 aliphatic rings. The number of benzene rings is 2. The zero-order chi connectivity index (χ0) is 20.2. The predicted octanol–water partition coefficient (Wildman–Crippen LogP) is 5.14. The van der Waals surface area contributed by atoms with Crippen LogP contribution < -0.4 is 15.4 Å². The van der Waals surface area contributed by atoms with Crippen molar-refractivity contribution in [2.75, 3.05) is 17.7 Å². The maximum Gasteiger partial charge on any atom is 0.259 e. The molecular formula is C23H22N2O3S. The average Bonchev–Trinajstić information content (AvgIpc) is 3.12. The van der Waals surface area contributed by atoms with Gasteiger partial charge in [0, 0.05) is 10.4 Å². The summed E-state index contributed by atoms with van der Waals surface area (Å²) < 4.78 is 5.35. The Kier molecular flexibility index (Phi) is 5.62. The Morgan fingerprint density at radius 2 is 1.62 bits per heavy atom. The molecule has 1 heterocycles. The van der Waals surface area contributed by atoms with Gasteiger partial charge in [0.1, 0.15) is 10.8 Å². The lowest BCUT2D eigenvalue weighted by atomic mass is 9.95. The number of anilines is 2.